The molecule has 1 rings (SSSR count). The molecule has 0 saturated heterocycles. The van der Waals surface area contributed by atoms with Crippen LogP contribution in [-0.4, -0.2) is 16.1 Å². The third-order valence-electron chi connectivity index (χ3n) is 1.29. The predicted octanol–water partition coefficient (Wildman–Crippen LogP) is 0.690. The van der Waals surface area contributed by atoms with Crippen molar-refractivity contribution in [1.82, 2.24) is 4.98 Å². The highest BCUT2D eigenvalue weighted by Crippen LogP contribution is 1.98. The van der Waals surface area contributed by atoms with Gasteiger partial charge in [-0.05, 0) is 12.1 Å². The zero-order valence-corrected chi connectivity index (χ0v) is 6.32. The Balaban J connectivity index is 2.88. The minimum absolute atomic E-state index is 0.0878. The molecular weight excluding hydrogens is 154 g/mol. The maximum absolute atomic E-state index is 10.3. The lowest BCUT2D eigenvalue weighted by atomic mass is 10.2. The van der Waals surface area contributed by atoms with E-state index in [9.17, 15) is 4.79 Å². The van der Waals surface area contributed by atoms with Gasteiger partial charge in [0.15, 0.2) is 0 Å². The molecule has 3 nitrogen and oxygen atoms in total. The summed E-state index contributed by atoms with van der Waals surface area (Å²) < 4.78 is 0. The number of hydrogen-bond acceptors (Lipinski definition) is 2. The molecule has 1 N–H and O–H groups in total. The molecule has 1 aromatic rings. The number of carbonyl (C=O) groups is 1. The molecule has 0 aliphatic rings. The van der Waals surface area contributed by atoms with Crippen molar-refractivity contribution < 1.29 is 9.90 Å². The van der Waals surface area contributed by atoms with Gasteiger partial charge in [-0.2, -0.15) is 0 Å². The molecule has 0 aromatic carbocycles. The fraction of sp³-hybridized carbons (Fsp3) is 0.111. The van der Waals surface area contributed by atoms with Crippen LogP contribution in [0.1, 0.15) is 11.4 Å². The van der Waals surface area contributed by atoms with Crippen LogP contribution in [0.4, 0.5) is 0 Å². The Hall–Kier alpha value is -1.82. The van der Waals surface area contributed by atoms with Crippen LogP contribution in [0.25, 0.3) is 0 Å². The molecule has 0 saturated carbocycles. The van der Waals surface area contributed by atoms with E-state index in [1.165, 1.54) is 0 Å². The van der Waals surface area contributed by atoms with E-state index in [1.807, 2.05) is 0 Å². The predicted molar refractivity (Wildman–Crippen MR) is 43.5 cm³/mol. The van der Waals surface area contributed by atoms with E-state index in [0.717, 1.165) is 0 Å². The van der Waals surface area contributed by atoms with Crippen LogP contribution in [-0.2, 0) is 11.2 Å². The zero-order chi connectivity index (χ0) is 8.97. The number of carboxylic acids is 1. The van der Waals surface area contributed by atoms with E-state index < -0.39 is 5.97 Å². The Labute approximate surface area is 70.1 Å². The lowest BCUT2D eigenvalue weighted by Crippen LogP contribution is -2.02. The van der Waals surface area contributed by atoms with Crippen molar-refractivity contribution in [1.29, 1.82) is 0 Å². The second-order valence-corrected chi connectivity index (χ2v) is 2.23. The Morgan fingerprint density at radius 3 is 3.00 bits per heavy atom. The summed E-state index contributed by atoms with van der Waals surface area (Å²) in [5, 5.41) is 8.44. The molecule has 0 amide bonds. The fourth-order valence-electron chi connectivity index (χ4n) is 0.813. The van der Waals surface area contributed by atoms with Gasteiger partial charge >= 0.3 is 5.97 Å². The maximum Gasteiger partial charge on any atom is 0.309 e. The van der Waals surface area contributed by atoms with Crippen LogP contribution in [0.2, 0.25) is 0 Å². The Morgan fingerprint density at radius 2 is 2.42 bits per heavy atom. The topological polar surface area (TPSA) is 50.2 Å². The summed E-state index contributed by atoms with van der Waals surface area (Å²) in [5.41, 5.74) is 0.951. The van der Waals surface area contributed by atoms with Crippen molar-refractivity contribution in [3.63, 3.8) is 0 Å². The number of pyridine rings is 1. The molecule has 0 bridgehead atoms. The number of terminal acetylenes is 1. The first-order chi connectivity index (χ1) is 5.72. The second kappa shape index (κ2) is 3.54. The van der Waals surface area contributed by atoms with Crippen LogP contribution in [0.3, 0.4) is 0 Å². The Kier molecular flexibility index (Phi) is 2.44. The molecule has 12 heavy (non-hydrogen) atoms. The van der Waals surface area contributed by atoms with Crippen molar-refractivity contribution in [2.75, 3.05) is 0 Å². The normalized spacial score (nSPS) is 8.92. The van der Waals surface area contributed by atoms with Gasteiger partial charge in [0.1, 0.15) is 5.69 Å². The summed E-state index contributed by atoms with van der Waals surface area (Å²) in [4.78, 5) is 14.2. The summed E-state index contributed by atoms with van der Waals surface area (Å²) in [7, 11) is 0. The van der Waals surface area contributed by atoms with Crippen molar-refractivity contribution in [2.45, 2.75) is 6.42 Å². The molecule has 0 atom stereocenters. The number of aliphatic carboxylic acids is 1. The molecule has 0 unspecified atom stereocenters. The van der Waals surface area contributed by atoms with Crippen molar-refractivity contribution in [3.8, 4) is 12.3 Å². The maximum atomic E-state index is 10.3. The van der Waals surface area contributed by atoms with E-state index in [2.05, 4.69) is 10.9 Å². The van der Waals surface area contributed by atoms with Gasteiger partial charge in [0, 0.05) is 0 Å². The van der Waals surface area contributed by atoms with E-state index in [4.69, 9.17) is 11.5 Å². The third kappa shape index (κ3) is 2.10. The average molecular weight is 161 g/mol. The van der Waals surface area contributed by atoms with Crippen molar-refractivity contribution >= 4 is 5.97 Å². The highest BCUT2D eigenvalue weighted by atomic mass is 16.4. The lowest BCUT2D eigenvalue weighted by Gasteiger charge is -1.95. The third-order valence-corrected chi connectivity index (χ3v) is 1.29. The van der Waals surface area contributed by atoms with E-state index in [1.54, 1.807) is 18.2 Å². The molecule has 0 fully saturated rings. The van der Waals surface area contributed by atoms with Gasteiger partial charge in [0.2, 0.25) is 0 Å². The summed E-state index contributed by atoms with van der Waals surface area (Å²) in [6.45, 7) is 0. The highest BCUT2D eigenvalue weighted by Gasteiger charge is 2.00. The largest absolute Gasteiger partial charge is 0.481 e. The van der Waals surface area contributed by atoms with Crippen LogP contribution >= 0.6 is 0 Å². The molecule has 1 aromatic heterocycles. The fourth-order valence-corrected chi connectivity index (χ4v) is 0.813. The average Bonchev–Trinajstić information content (AvgIpc) is 2.03. The summed E-state index contributed by atoms with van der Waals surface area (Å²) in [6.07, 6.45) is 5.00. The number of hydrogen-bond donors (Lipinski definition) is 1. The highest BCUT2D eigenvalue weighted by molar-refractivity contribution is 5.69. The monoisotopic (exact) mass is 161 g/mol. The SMILES string of the molecule is C#Cc1cccc(CC(=O)O)n1. The smallest absolute Gasteiger partial charge is 0.309 e. The van der Waals surface area contributed by atoms with Gasteiger partial charge in [0.05, 0.1) is 12.1 Å². The summed E-state index contributed by atoms with van der Waals surface area (Å²) in [5.74, 6) is 1.43. The van der Waals surface area contributed by atoms with Gasteiger partial charge in [-0.25, -0.2) is 4.98 Å². The van der Waals surface area contributed by atoms with E-state index >= 15 is 0 Å². The van der Waals surface area contributed by atoms with Crippen LogP contribution in [0.5, 0.6) is 0 Å². The van der Waals surface area contributed by atoms with E-state index in [-0.39, 0.29) is 6.42 Å². The van der Waals surface area contributed by atoms with E-state index in [0.29, 0.717) is 11.4 Å². The van der Waals surface area contributed by atoms with Gasteiger partial charge in [-0.15, -0.1) is 6.42 Å². The first-order valence-electron chi connectivity index (χ1n) is 3.36. The lowest BCUT2D eigenvalue weighted by molar-refractivity contribution is -0.136. The van der Waals surface area contributed by atoms with Gasteiger partial charge in [0.25, 0.3) is 0 Å². The first kappa shape index (κ1) is 8.28. The van der Waals surface area contributed by atoms with Crippen LogP contribution < -0.4 is 0 Å². The molecule has 0 aliphatic carbocycles. The molecule has 0 radical (unpaired) electrons. The number of rotatable bonds is 2. The zero-order valence-electron chi connectivity index (χ0n) is 6.32. The molecule has 60 valence electrons. The van der Waals surface area contributed by atoms with Gasteiger partial charge in [-0.3, -0.25) is 4.79 Å². The van der Waals surface area contributed by atoms with Crippen molar-refractivity contribution in [2.24, 2.45) is 0 Å². The summed E-state index contributed by atoms with van der Waals surface area (Å²) >= 11 is 0. The minimum Gasteiger partial charge on any atom is -0.481 e. The number of aromatic nitrogens is 1. The van der Waals surface area contributed by atoms with Crippen molar-refractivity contribution in [3.05, 3.63) is 29.6 Å². The molecule has 1 heterocycles. The standard InChI is InChI=1S/C9H7NO2/c1-2-7-4-3-5-8(10-7)6-9(11)12/h1,3-5H,6H2,(H,11,12). The van der Waals surface area contributed by atoms with Crippen LogP contribution in [0.15, 0.2) is 18.2 Å². The molecular formula is C9H7NO2. The minimum atomic E-state index is -0.906. The first-order valence-corrected chi connectivity index (χ1v) is 3.36. The molecule has 0 spiro atoms. The molecule has 3 heteroatoms. The number of carboxylic acid groups (broad SMARTS) is 1. The Morgan fingerprint density at radius 1 is 1.67 bits per heavy atom. The quantitative estimate of drug-likeness (QED) is 0.649. The number of nitrogens with zero attached hydrogens (tertiary/aromatic N) is 1. The van der Waals surface area contributed by atoms with Gasteiger partial charge in [-0.1, -0.05) is 12.0 Å². The van der Waals surface area contributed by atoms with Gasteiger partial charge < -0.3 is 5.11 Å². The molecule has 0 aliphatic heterocycles. The second-order valence-electron chi connectivity index (χ2n) is 2.23. The summed E-state index contributed by atoms with van der Waals surface area (Å²) in [6, 6.07) is 4.99. The van der Waals surface area contributed by atoms with Crippen LogP contribution in [0, 0.1) is 12.3 Å². The Bertz CT molecular complexity index is 339.